The lowest BCUT2D eigenvalue weighted by molar-refractivity contribution is -0.00375. The SMILES string of the molecule is CCN(C(=O)OCc1ccccc1)C(O)c1cc2ccccc2[nH]1. The number of carbonyl (C=O) groups is 1. The van der Waals surface area contributed by atoms with Crippen LogP contribution in [0.15, 0.2) is 60.7 Å². The van der Waals surface area contributed by atoms with Gasteiger partial charge in [0.2, 0.25) is 0 Å². The van der Waals surface area contributed by atoms with Crippen molar-refractivity contribution in [2.45, 2.75) is 19.8 Å². The number of hydrogen-bond acceptors (Lipinski definition) is 3. The number of carbonyl (C=O) groups excluding carboxylic acids is 1. The van der Waals surface area contributed by atoms with Crippen molar-refractivity contribution in [2.24, 2.45) is 0 Å². The van der Waals surface area contributed by atoms with Gasteiger partial charge in [-0.2, -0.15) is 0 Å². The van der Waals surface area contributed by atoms with Crippen LogP contribution in [0.5, 0.6) is 0 Å². The Morgan fingerprint density at radius 2 is 1.88 bits per heavy atom. The maximum Gasteiger partial charge on any atom is 0.412 e. The topological polar surface area (TPSA) is 65.6 Å². The standard InChI is InChI=1S/C19H20N2O3/c1-2-21(19(23)24-13-14-8-4-3-5-9-14)18(22)17-12-15-10-6-7-11-16(15)20-17/h3-12,18,20,22H,2,13H2,1H3. The summed E-state index contributed by atoms with van der Waals surface area (Å²) in [7, 11) is 0. The Morgan fingerprint density at radius 1 is 1.17 bits per heavy atom. The van der Waals surface area contributed by atoms with Gasteiger partial charge in [-0.1, -0.05) is 48.5 Å². The largest absolute Gasteiger partial charge is 0.444 e. The lowest BCUT2D eigenvalue weighted by Crippen LogP contribution is -2.35. The fraction of sp³-hybridized carbons (Fsp3) is 0.211. The van der Waals surface area contributed by atoms with Gasteiger partial charge in [0.15, 0.2) is 6.23 Å². The molecule has 1 heterocycles. The summed E-state index contributed by atoms with van der Waals surface area (Å²) < 4.78 is 5.31. The average molecular weight is 324 g/mol. The van der Waals surface area contributed by atoms with Crippen LogP contribution in [-0.2, 0) is 11.3 Å². The summed E-state index contributed by atoms with van der Waals surface area (Å²) in [4.78, 5) is 16.7. The zero-order chi connectivity index (χ0) is 16.9. The summed E-state index contributed by atoms with van der Waals surface area (Å²) in [6, 6.07) is 19.0. The third-order valence-electron chi connectivity index (χ3n) is 3.90. The smallest absolute Gasteiger partial charge is 0.412 e. The quantitative estimate of drug-likeness (QED) is 0.701. The van der Waals surface area contributed by atoms with Crippen LogP contribution in [0.4, 0.5) is 4.79 Å². The normalized spacial score (nSPS) is 12.1. The number of rotatable bonds is 5. The Hall–Kier alpha value is -2.79. The summed E-state index contributed by atoms with van der Waals surface area (Å²) in [6.07, 6.45) is -1.63. The number of aromatic nitrogens is 1. The van der Waals surface area contributed by atoms with Crippen LogP contribution in [0, 0.1) is 0 Å². The van der Waals surface area contributed by atoms with Crippen LogP contribution in [0.25, 0.3) is 10.9 Å². The highest BCUT2D eigenvalue weighted by Crippen LogP contribution is 2.23. The number of aromatic amines is 1. The van der Waals surface area contributed by atoms with Gasteiger partial charge in [0.05, 0.1) is 5.69 Å². The summed E-state index contributed by atoms with van der Waals surface area (Å²) in [5.74, 6) is 0. The number of ether oxygens (including phenoxy) is 1. The van der Waals surface area contributed by atoms with E-state index in [9.17, 15) is 9.90 Å². The lowest BCUT2D eigenvalue weighted by Gasteiger charge is -2.25. The number of fused-ring (bicyclic) bond motifs is 1. The molecule has 3 aromatic rings. The highest BCUT2D eigenvalue weighted by molar-refractivity contribution is 5.80. The van der Waals surface area contributed by atoms with Crippen LogP contribution in [0.3, 0.4) is 0 Å². The van der Waals surface area contributed by atoms with Crippen molar-refractivity contribution in [3.8, 4) is 0 Å². The van der Waals surface area contributed by atoms with Gasteiger partial charge in [-0.15, -0.1) is 0 Å². The van der Waals surface area contributed by atoms with Gasteiger partial charge >= 0.3 is 6.09 Å². The van der Waals surface area contributed by atoms with E-state index in [-0.39, 0.29) is 6.61 Å². The first-order valence-corrected chi connectivity index (χ1v) is 7.92. The van der Waals surface area contributed by atoms with Crippen LogP contribution in [0.2, 0.25) is 0 Å². The molecule has 0 bridgehead atoms. The summed E-state index contributed by atoms with van der Waals surface area (Å²) in [5, 5.41) is 11.5. The first-order valence-electron chi connectivity index (χ1n) is 7.92. The molecule has 0 fully saturated rings. The molecule has 24 heavy (non-hydrogen) atoms. The second-order valence-electron chi connectivity index (χ2n) is 5.51. The zero-order valence-corrected chi connectivity index (χ0v) is 13.5. The van der Waals surface area contributed by atoms with Crippen LogP contribution < -0.4 is 0 Å². The molecular formula is C19H20N2O3. The minimum atomic E-state index is -1.08. The molecule has 124 valence electrons. The van der Waals surface area contributed by atoms with Crippen molar-refractivity contribution in [1.82, 2.24) is 9.88 Å². The second kappa shape index (κ2) is 7.19. The van der Waals surface area contributed by atoms with E-state index in [1.165, 1.54) is 4.90 Å². The van der Waals surface area contributed by atoms with Crippen molar-refractivity contribution >= 4 is 17.0 Å². The monoisotopic (exact) mass is 324 g/mol. The molecule has 1 unspecified atom stereocenters. The number of para-hydroxylation sites is 1. The van der Waals surface area contributed by atoms with Gasteiger partial charge in [0, 0.05) is 12.1 Å². The van der Waals surface area contributed by atoms with E-state index in [1.807, 2.05) is 60.7 Å². The Balaban J connectivity index is 1.71. The highest BCUT2D eigenvalue weighted by Gasteiger charge is 2.24. The molecule has 0 aliphatic carbocycles. The number of aliphatic hydroxyl groups excluding tert-OH is 1. The minimum absolute atomic E-state index is 0.176. The number of nitrogens with one attached hydrogen (secondary N) is 1. The first-order chi connectivity index (χ1) is 11.7. The van der Waals surface area contributed by atoms with Gasteiger partial charge in [0.25, 0.3) is 0 Å². The van der Waals surface area contributed by atoms with E-state index in [0.717, 1.165) is 16.5 Å². The van der Waals surface area contributed by atoms with Gasteiger partial charge in [-0.05, 0) is 30.0 Å². The van der Waals surface area contributed by atoms with Gasteiger partial charge in [-0.25, -0.2) is 4.79 Å². The molecule has 0 radical (unpaired) electrons. The molecule has 5 nitrogen and oxygen atoms in total. The maximum atomic E-state index is 12.3. The number of aliphatic hydroxyl groups is 1. The zero-order valence-electron chi connectivity index (χ0n) is 13.5. The molecule has 5 heteroatoms. The first kappa shape index (κ1) is 16.1. The summed E-state index contributed by atoms with van der Waals surface area (Å²) >= 11 is 0. The van der Waals surface area contributed by atoms with E-state index in [0.29, 0.717) is 12.2 Å². The van der Waals surface area contributed by atoms with Crippen LogP contribution >= 0.6 is 0 Å². The van der Waals surface area contributed by atoms with E-state index in [4.69, 9.17) is 4.74 Å². The third kappa shape index (κ3) is 3.41. The van der Waals surface area contributed by atoms with Crippen molar-refractivity contribution in [1.29, 1.82) is 0 Å². The predicted octanol–water partition coefficient (Wildman–Crippen LogP) is 3.82. The van der Waals surface area contributed by atoms with Crippen molar-refractivity contribution in [3.05, 3.63) is 71.9 Å². The molecule has 3 rings (SSSR count). The van der Waals surface area contributed by atoms with Crippen molar-refractivity contribution in [3.63, 3.8) is 0 Å². The van der Waals surface area contributed by atoms with Crippen molar-refractivity contribution in [2.75, 3.05) is 6.54 Å². The van der Waals surface area contributed by atoms with E-state index in [1.54, 1.807) is 6.92 Å². The molecule has 0 spiro atoms. The Morgan fingerprint density at radius 3 is 2.58 bits per heavy atom. The molecule has 0 aliphatic rings. The molecule has 2 N–H and O–H groups in total. The number of benzene rings is 2. The Kier molecular flexibility index (Phi) is 4.82. The number of H-pyrrole nitrogens is 1. The van der Waals surface area contributed by atoms with Gasteiger partial charge in [0.1, 0.15) is 6.61 Å². The Labute approximate surface area is 140 Å². The molecule has 0 saturated carbocycles. The molecule has 1 atom stereocenters. The lowest BCUT2D eigenvalue weighted by atomic mass is 10.2. The van der Waals surface area contributed by atoms with Crippen LogP contribution in [-0.4, -0.2) is 27.6 Å². The van der Waals surface area contributed by atoms with E-state index < -0.39 is 12.3 Å². The fourth-order valence-corrected chi connectivity index (χ4v) is 2.61. The van der Waals surface area contributed by atoms with Gasteiger partial charge < -0.3 is 14.8 Å². The summed E-state index contributed by atoms with van der Waals surface area (Å²) in [5.41, 5.74) is 2.39. The van der Waals surface area contributed by atoms with Gasteiger partial charge in [-0.3, -0.25) is 4.90 Å². The van der Waals surface area contributed by atoms with E-state index in [2.05, 4.69) is 4.98 Å². The molecule has 1 amide bonds. The maximum absolute atomic E-state index is 12.3. The molecule has 0 aliphatic heterocycles. The van der Waals surface area contributed by atoms with Crippen molar-refractivity contribution < 1.29 is 14.6 Å². The summed E-state index contributed by atoms with van der Waals surface area (Å²) in [6.45, 7) is 2.31. The molecule has 2 aromatic carbocycles. The third-order valence-corrected chi connectivity index (χ3v) is 3.90. The minimum Gasteiger partial charge on any atom is -0.444 e. The highest BCUT2D eigenvalue weighted by atomic mass is 16.6. The number of amides is 1. The number of nitrogens with zero attached hydrogens (tertiary/aromatic N) is 1. The second-order valence-corrected chi connectivity index (χ2v) is 5.51. The van der Waals surface area contributed by atoms with Crippen LogP contribution in [0.1, 0.15) is 24.4 Å². The van der Waals surface area contributed by atoms with E-state index >= 15 is 0 Å². The average Bonchev–Trinajstić information content (AvgIpc) is 3.05. The molecular weight excluding hydrogens is 304 g/mol. The Bertz CT molecular complexity index is 781. The molecule has 0 saturated heterocycles. The predicted molar refractivity (Wildman–Crippen MR) is 92.3 cm³/mol. The fourth-order valence-electron chi connectivity index (χ4n) is 2.61. The number of hydrogen-bond donors (Lipinski definition) is 2. The molecule has 1 aromatic heterocycles.